The minimum Gasteiger partial charge on any atom is -0.379 e. The molecule has 3 N–H and O–H groups in total. The van der Waals surface area contributed by atoms with Crippen molar-refractivity contribution in [3.63, 3.8) is 0 Å². The van der Waals surface area contributed by atoms with Crippen LogP contribution in [0.5, 0.6) is 0 Å². The summed E-state index contributed by atoms with van der Waals surface area (Å²) in [6.07, 6.45) is 2.82. The minimum absolute atomic E-state index is 0.0697. The van der Waals surface area contributed by atoms with Gasteiger partial charge in [0.25, 0.3) is 0 Å². The Morgan fingerprint density at radius 3 is 2.56 bits per heavy atom. The number of hydrogen-bond acceptors (Lipinski definition) is 3. The predicted octanol–water partition coefficient (Wildman–Crippen LogP) is 1.44. The third-order valence-corrected chi connectivity index (χ3v) is 2.56. The van der Waals surface area contributed by atoms with Gasteiger partial charge in [-0.3, -0.25) is 4.79 Å². The van der Waals surface area contributed by atoms with Crippen LogP contribution in [-0.4, -0.2) is 30.7 Å². The molecule has 0 bridgehead atoms. The summed E-state index contributed by atoms with van der Waals surface area (Å²) in [5.74, 6) is -0.0697. The average molecular weight is 230 g/mol. The monoisotopic (exact) mass is 230 g/mol. The lowest BCUT2D eigenvalue weighted by molar-refractivity contribution is -0.125. The Balaban J connectivity index is 3.49. The third-order valence-electron chi connectivity index (χ3n) is 2.56. The van der Waals surface area contributed by atoms with Gasteiger partial charge in [-0.25, -0.2) is 0 Å². The van der Waals surface area contributed by atoms with Gasteiger partial charge in [0, 0.05) is 13.2 Å². The molecular formula is C12H26N2O2. The lowest BCUT2D eigenvalue weighted by Gasteiger charge is -2.21. The summed E-state index contributed by atoms with van der Waals surface area (Å²) in [4.78, 5) is 11.6. The highest BCUT2D eigenvalue weighted by molar-refractivity contribution is 5.85. The van der Waals surface area contributed by atoms with Gasteiger partial charge >= 0.3 is 0 Å². The van der Waals surface area contributed by atoms with Crippen LogP contribution in [-0.2, 0) is 9.53 Å². The van der Waals surface area contributed by atoms with Crippen LogP contribution in [0.3, 0.4) is 0 Å². The zero-order chi connectivity index (χ0) is 12.6. The molecule has 0 aromatic carbocycles. The van der Waals surface area contributed by atoms with Crippen molar-refractivity contribution < 1.29 is 9.53 Å². The minimum atomic E-state index is -0.742. The molecule has 4 nitrogen and oxygen atoms in total. The van der Waals surface area contributed by atoms with E-state index in [2.05, 4.69) is 5.32 Å². The molecule has 0 heterocycles. The summed E-state index contributed by atoms with van der Waals surface area (Å²) in [7, 11) is 0. The molecule has 0 aromatic rings. The summed E-state index contributed by atoms with van der Waals surface area (Å²) in [6, 6.07) is 0. The van der Waals surface area contributed by atoms with Gasteiger partial charge in [-0.2, -0.15) is 0 Å². The second-order valence-corrected chi connectivity index (χ2v) is 4.65. The van der Waals surface area contributed by atoms with E-state index in [0.29, 0.717) is 13.0 Å². The van der Waals surface area contributed by atoms with Crippen LogP contribution in [0.15, 0.2) is 0 Å². The standard InChI is InChI=1S/C12H26N2O2/c1-5-12(4,13)11(15)14-8-6-7-9-16-10(2)3/h10H,5-9,13H2,1-4H3,(H,14,15). The number of nitrogens with one attached hydrogen (secondary N) is 1. The summed E-state index contributed by atoms with van der Waals surface area (Å²) in [5, 5.41) is 2.84. The van der Waals surface area contributed by atoms with Crippen molar-refractivity contribution in [2.24, 2.45) is 5.73 Å². The molecule has 0 fully saturated rings. The number of hydrogen-bond donors (Lipinski definition) is 2. The molecule has 0 rings (SSSR count). The van der Waals surface area contributed by atoms with Gasteiger partial charge in [-0.15, -0.1) is 0 Å². The van der Waals surface area contributed by atoms with E-state index >= 15 is 0 Å². The van der Waals surface area contributed by atoms with Crippen LogP contribution in [0, 0.1) is 0 Å². The van der Waals surface area contributed by atoms with Gasteiger partial charge in [0.05, 0.1) is 11.6 Å². The normalized spacial score (nSPS) is 14.9. The predicted molar refractivity (Wildman–Crippen MR) is 66.2 cm³/mol. The quantitative estimate of drug-likeness (QED) is 0.620. The Morgan fingerprint density at radius 2 is 2.06 bits per heavy atom. The van der Waals surface area contributed by atoms with Crippen molar-refractivity contribution in [1.29, 1.82) is 0 Å². The first-order chi connectivity index (χ1) is 7.40. The second kappa shape index (κ2) is 7.63. The maximum atomic E-state index is 11.6. The van der Waals surface area contributed by atoms with Gasteiger partial charge in [0.15, 0.2) is 0 Å². The van der Waals surface area contributed by atoms with E-state index in [0.717, 1.165) is 19.4 Å². The largest absolute Gasteiger partial charge is 0.379 e. The molecule has 96 valence electrons. The number of carbonyl (C=O) groups excluding carboxylic acids is 1. The number of amides is 1. The first kappa shape index (κ1) is 15.4. The summed E-state index contributed by atoms with van der Waals surface area (Å²) >= 11 is 0. The SMILES string of the molecule is CCC(C)(N)C(=O)NCCCCOC(C)C. The van der Waals surface area contributed by atoms with Gasteiger partial charge in [-0.1, -0.05) is 6.92 Å². The average Bonchev–Trinajstić information content (AvgIpc) is 2.22. The summed E-state index contributed by atoms with van der Waals surface area (Å²) in [6.45, 7) is 9.13. The van der Waals surface area contributed by atoms with Crippen molar-refractivity contribution in [2.45, 2.75) is 58.6 Å². The fourth-order valence-electron chi connectivity index (χ4n) is 1.11. The molecular weight excluding hydrogens is 204 g/mol. The molecule has 0 aliphatic rings. The fraction of sp³-hybridized carbons (Fsp3) is 0.917. The van der Waals surface area contributed by atoms with Crippen LogP contribution in [0.2, 0.25) is 0 Å². The Kier molecular flexibility index (Phi) is 7.34. The van der Waals surface area contributed by atoms with E-state index in [9.17, 15) is 4.79 Å². The lowest BCUT2D eigenvalue weighted by atomic mass is 9.99. The van der Waals surface area contributed by atoms with E-state index in [4.69, 9.17) is 10.5 Å². The van der Waals surface area contributed by atoms with Crippen molar-refractivity contribution in [3.8, 4) is 0 Å². The first-order valence-corrected chi connectivity index (χ1v) is 6.09. The molecule has 0 spiro atoms. The first-order valence-electron chi connectivity index (χ1n) is 6.09. The number of unbranched alkanes of at least 4 members (excludes halogenated alkanes) is 1. The van der Waals surface area contributed by atoms with Crippen LogP contribution in [0.25, 0.3) is 0 Å². The van der Waals surface area contributed by atoms with Crippen molar-refractivity contribution in [1.82, 2.24) is 5.32 Å². The number of carbonyl (C=O) groups is 1. The topological polar surface area (TPSA) is 64.4 Å². The van der Waals surface area contributed by atoms with Gasteiger partial charge in [-0.05, 0) is 40.0 Å². The van der Waals surface area contributed by atoms with Crippen LogP contribution in [0.1, 0.15) is 47.0 Å². The third kappa shape index (κ3) is 6.80. The molecule has 1 atom stereocenters. The Bertz CT molecular complexity index is 203. The number of rotatable bonds is 8. The molecule has 0 saturated heterocycles. The summed E-state index contributed by atoms with van der Waals surface area (Å²) < 4.78 is 5.40. The maximum Gasteiger partial charge on any atom is 0.239 e. The molecule has 0 aliphatic carbocycles. The Morgan fingerprint density at radius 1 is 1.44 bits per heavy atom. The lowest BCUT2D eigenvalue weighted by Crippen LogP contribution is -2.51. The van der Waals surface area contributed by atoms with Crippen molar-refractivity contribution in [2.75, 3.05) is 13.2 Å². The van der Waals surface area contributed by atoms with Gasteiger partial charge in [0.1, 0.15) is 0 Å². The molecule has 16 heavy (non-hydrogen) atoms. The van der Waals surface area contributed by atoms with Gasteiger partial charge < -0.3 is 15.8 Å². The van der Waals surface area contributed by atoms with Crippen LogP contribution < -0.4 is 11.1 Å². The van der Waals surface area contributed by atoms with Crippen LogP contribution >= 0.6 is 0 Å². The Labute approximate surface area is 98.9 Å². The zero-order valence-electron chi connectivity index (χ0n) is 11.0. The number of nitrogens with two attached hydrogens (primary N) is 1. The molecule has 0 radical (unpaired) electrons. The summed E-state index contributed by atoms with van der Waals surface area (Å²) in [5.41, 5.74) is 5.06. The Hall–Kier alpha value is -0.610. The van der Waals surface area contributed by atoms with Crippen molar-refractivity contribution >= 4 is 5.91 Å². The smallest absolute Gasteiger partial charge is 0.239 e. The van der Waals surface area contributed by atoms with E-state index < -0.39 is 5.54 Å². The van der Waals surface area contributed by atoms with E-state index in [1.807, 2.05) is 20.8 Å². The molecule has 1 unspecified atom stereocenters. The molecule has 0 saturated carbocycles. The highest BCUT2D eigenvalue weighted by atomic mass is 16.5. The van der Waals surface area contributed by atoms with E-state index in [-0.39, 0.29) is 12.0 Å². The fourth-order valence-corrected chi connectivity index (χ4v) is 1.11. The van der Waals surface area contributed by atoms with E-state index in [1.54, 1.807) is 6.92 Å². The highest BCUT2D eigenvalue weighted by Crippen LogP contribution is 2.04. The van der Waals surface area contributed by atoms with E-state index in [1.165, 1.54) is 0 Å². The highest BCUT2D eigenvalue weighted by Gasteiger charge is 2.24. The molecule has 0 aliphatic heterocycles. The maximum absolute atomic E-state index is 11.6. The van der Waals surface area contributed by atoms with Crippen LogP contribution in [0.4, 0.5) is 0 Å². The van der Waals surface area contributed by atoms with Crippen molar-refractivity contribution in [3.05, 3.63) is 0 Å². The second-order valence-electron chi connectivity index (χ2n) is 4.65. The molecule has 0 aromatic heterocycles. The zero-order valence-corrected chi connectivity index (χ0v) is 11.0. The van der Waals surface area contributed by atoms with Gasteiger partial charge in [0.2, 0.25) is 5.91 Å². The number of ether oxygens (including phenoxy) is 1. The molecule has 1 amide bonds. The molecule has 4 heteroatoms.